The van der Waals surface area contributed by atoms with Crippen LogP contribution in [0, 0.1) is 0 Å². The lowest BCUT2D eigenvalue weighted by Crippen LogP contribution is -2.18. The van der Waals surface area contributed by atoms with Crippen molar-refractivity contribution in [2.24, 2.45) is 0 Å². The molecule has 0 radical (unpaired) electrons. The van der Waals surface area contributed by atoms with Crippen LogP contribution in [0.25, 0.3) is 10.9 Å². The van der Waals surface area contributed by atoms with Crippen molar-refractivity contribution in [3.8, 4) is 5.75 Å². The van der Waals surface area contributed by atoms with E-state index >= 15 is 0 Å². The van der Waals surface area contributed by atoms with E-state index in [0.717, 1.165) is 44.7 Å². The Kier molecular flexibility index (Phi) is 4.26. The number of nitrogens with one attached hydrogen (secondary N) is 2. The van der Waals surface area contributed by atoms with Gasteiger partial charge in [0, 0.05) is 22.7 Å². The normalized spacial score (nSPS) is 14.2. The van der Waals surface area contributed by atoms with Crippen LogP contribution in [0.2, 0.25) is 0 Å². The first-order valence-corrected chi connectivity index (χ1v) is 7.85. The minimum absolute atomic E-state index is 0.858. The van der Waals surface area contributed by atoms with Crippen molar-refractivity contribution in [3.05, 3.63) is 29.5 Å². The Morgan fingerprint density at radius 1 is 1.30 bits per heavy atom. The Hall–Kier alpha value is -1.48. The molecule has 0 saturated carbocycles. The Morgan fingerprint density at radius 3 is 3.15 bits per heavy atom. The number of benzene rings is 1. The van der Waals surface area contributed by atoms with E-state index in [1.54, 1.807) is 0 Å². The molecule has 2 aromatic rings. The largest absolute Gasteiger partial charge is 0.493 e. The fraction of sp³-hybridized carbons (Fsp3) is 0.529. The van der Waals surface area contributed by atoms with Gasteiger partial charge in [0.05, 0.1) is 6.61 Å². The van der Waals surface area contributed by atoms with Crippen molar-refractivity contribution in [3.63, 3.8) is 0 Å². The first-order chi connectivity index (χ1) is 9.90. The lowest BCUT2D eigenvalue weighted by molar-refractivity contribution is 0.289. The molecule has 0 aliphatic carbocycles. The summed E-state index contributed by atoms with van der Waals surface area (Å²) < 4.78 is 5.78. The third-order valence-corrected chi connectivity index (χ3v) is 4.10. The molecule has 0 spiro atoms. The molecule has 1 aromatic carbocycles. The monoisotopic (exact) mass is 272 g/mol. The predicted octanol–water partition coefficient (Wildman–Crippen LogP) is 3.43. The molecule has 1 aromatic heterocycles. The van der Waals surface area contributed by atoms with Crippen LogP contribution < -0.4 is 10.1 Å². The van der Waals surface area contributed by atoms with E-state index in [4.69, 9.17) is 4.74 Å². The second-order valence-electron chi connectivity index (χ2n) is 5.58. The van der Waals surface area contributed by atoms with Gasteiger partial charge in [-0.3, -0.25) is 0 Å². The summed E-state index contributed by atoms with van der Waals surface area (Å²) in [6.07, 6.45) is 8.04. The maximum atomic E-state index is 5.78. The zero-order valence-corrected chi connectivity index (χ0v) is 12.3. The maximum absolute atomic E-state index is 5.78. The van der Waals surface area contributed by atoms with Gasteiger partial charge in [0.15, 0.2) is 0 Å². The van der Waals surface area contributed by atoms with Gasteiger partial charge in [-0.1, -0.05) is 13.3 Å². The van der Waals surface area contributed by atoms with Crippen LogP contribution in [0.4, 0.5) is 0 Å². The number of aromatic nitrogens is 1. The highest BCUT2D eigenvalue weighted by molar-refractivity contribution is 5.89. The Morgan fingerprint density at radius 2 is 2.25 bits per heavy atom. The van der Waals surface area contributed by atoms with Gasteiger partial charge in [0.1, 0.15) is 5.75 Å². The second-order valence-corrected chi connectivity index (χ2v) is 5.58. The topological polar surface area (TPSA) is 37.0 Å². The van der Waals surface area contributed by atoms with Crippen molar-refractivity contribution in [1.29, 1.82) is 0 Å². The zero-order chi connectivity index (χ0) is 13.8. The molecule has 2 heterocycles. The van der Waals surface area contributed by atoms with Gasteiger partial charge >= 0.3 is 0 Å². The minimum Gasteiger partial charge on any atom is -0.493 e. The number of rotatable bonds is 6. The van der Waals surface area contributed by atoms with Gasteiger partial charge in [-0.25, -0.2) is 0 Å². The molecular formula is C17H24N2O. The first kappa shape index (κ1) is 13.5. The van der Waals surface area contributed by atoms with E-state index < -0.39 is 0 Å². The molecule has 0 fully saturated rings. The average Bonchev–Trinajstić information content (AvgIpc) is 2.91. The highest BCUT2D eigenvalue weighted by Gasteiger charge is 2.16. The molecule has 3 rings (SSSR count). The van der Waals surface area contributed by atoms with Gasteiger partial charge in [0.25, 0.3) is 0 Å². The fourth-order valence-electron chi connectivity index (χ4n) is 3.01. The number of fused-ring (bicyclic) bond motifs is 3. The van der Waals surface area contributed by atoms with Gasteiger partial charge < -0.3 is 15.0 Å². The van der Waals surface area contributed by atoms with Gasteiger partial charge in [0.2, 0.25) is 0 Å². The zero-order valence-electron chi connectivity index (χ0n) is 12.3. The number of hydrogen-bond acceptors (Lipinski definition) is 2. The highest BCUT2D eigenvalue weighted by atomic mass is 16.5. The summed E-state index contributed by atoms with van der Waals surface area (Å²) in [6.45, 7) is 5.27. The lowest BCUT2D eigenvalue weighted by Gasteiger charge is -2.18. The molecule has 1 aliphatic heterocycles. The molecule has 0 amide bonds. The van der Waals surface area contributed by atoms with Crippen molar-refractivity contribution >= 4 is 10.9 Å². The third-order valence-electron chi connectivity index (χ3n) is 4.10. The van der Waals surface area contributed by atoms with Crippen LogP contribution in [0.1, 0.15) is 37.3 Å². The lowest BCUT2D eigenvalue weighted by atomic mass is 9.98. The molecular weight excluding hydrogens is 248 g/mol. The third kappa shape index (κ3) is 2.68. The average molecular weight is 272 g/mol. The molecule has 20 heavy (non-hydrogen) atoms. The van der Waals surface area contributed by atoms with Crippen LogP contribution in [0.3, 0.4) is 0 Å². The number of aromatic amines is 1. The molecule has 1 aliphatic rings. The van der Waals surface area contributed by atoms with Gasteiger partial charge in [-0.15, -0.1) is 0 Å². The summed E-state index contributed by atoms with van der Waals surface area (Å²) >= 11 is 0. The van der Waals surface area contributed by atoms with E-state index in [1.807, 2.05) is 0 Å². The van der Waals surface area contributed by atoms with Gasteiger partial charge in [-0.05, 0) is 56.5 Å². The number of ether oxygens (including phenoxy) is 1. The Bertz CT molecular complexity index is 574. The summed E-state index contributed by atoms with van der Waals surface area (Å²) in [5.41, 5.74) is 4.07. The van der Waals surface area contributed by atoms with E-state index in [-0.39, 0.29) is 0 Å². The second kappa shape index (κ2) is 6.31. The molecule has 3 heteroatoms. The van der Waals surface area contributed by atoms with E-state index in [0.29, 0.717) is 0 Å². The molecule has 3 nitrogen and oxygen atoms in total. The van der Waals surface area contributed by atoms with Crippen LogP contribution in [-0.4, -0.2) is 24.7 Å². The summed E-state index contributed by atoms with van der Waals surface area (Å²) in [6, 6.07) is 4.25. The van der Waals surface area contributed by atoms with E-state index in [2.05, 4.69) is 35.6 Å². The van der Waals surface area contributed by atoms with Crippen molar-refractivity contribution in [2.75, 3.05) is 19.7 Å². The SMILES string of the molecule is CCCCNCCc1c[nH]c2ccc3c(c12)CCCO3. The summed E-state index contributed by atoms with van der Waals surface area (Å²) in [5.74, 6) is 1.09. The summed E-state index contributed by atoms with van der Waals surface area (Å²) in [7, 11) is 0. The van der Waals surface area contributed by atoms with Crippen LogP contribution in [0.5, 0.6) is 5.75 Å². The van der Waals surface area contributed by atoms with Crippen molar-refractivity contribution < 1.29 is 4.74 Å². The number of unbranched alkanes of at least 4 members (excludes halogenated alkanes) is 1. The van der Waals surface area contributed by atoms with Gasteiger partial charge in [-0.2, -0.15) is 0 Å². The van der Waals surface area contributed by atoms with E-state index in [9.17, 15) is 0 Å². The number of H-pyrrole nitrogens is 1. The summed E-state index contributed by atoms with van der Waals surface area (Å²) in [4.78, 5) is 3.41. The van der Waals surface area contributed by atoms with E-state index in [1.165, 1.54) is 34.9 Å². The van der Waals surface area contributed by atoms with Crippen LogP contribution >= 0.6 is 0 Å². The van der Waals surface area contributed by atoms with Crippen molar-refractivity contribution in [1.82, 2.24) is 10.3 Å². The number of aryl methyl sites for hydroxylation is 1. The minimum atomic E-state index is 0.858. The molecule has 2 N–H and O–H groups in total. The number of hydrogen-bond donors (Lipinski definition) is 2. The standard InChI is InChI=1S/C17H24N2O/c1-2-3-9-18-10-8-13-12-19-15-6-7-16-14(17(13)15)5-4-11-20-16/h6-7,12,18-19H,2-5,8-11H2,1H3. The van der Waals surface area contributed by atoms with Crippen LogP contribution in [0.15, 0.2) is 18.3 Å². The molecule has 0 bridgehead atoms. The molecule has 0 atom stereocenters. The summed E-state index contributed by atoms with van der Waals surface area (Å²) in [5, 5.41) is 4.93. The Labute approximate surface area is 120 Å². The molecule has 0 saturated heterocycles. The predicted molar refractivity (Wildman–Crippen MR) is 83.6 cm³/mol. The van der Waals surface area contributed by atoms with Crippen molar-refractivity contribution in [2.45, 2.75) is 39.0 Å². The van der Waals surface area contributed by atoms with Crippen LogP contribution in [-0.2, 0) is 12.8 Å². The first-order valence-electron chi connectivity index (χ1n) is 7.85. The molecule has 108 valence electrons. The fourth-order valence-corrected chi connectivity index (χ4v) is 3.01. The smallest absolute Gasteiger partial charge is 0.123 e. The highest BCUT2D eigenvalue weighted by Crippen LogP contribution is 2.33. The maximum Gasteiger partial charge on any atom is 0.123 e. The molecule has 0 unspecified atom stereocenters. The quantitative estimate of drug-likeness (QED) is 0.791. The Balaban J connectivity index is 1.77.